The van der Waals surface area contributed by atoms with Gasteiger partial charge in [-0.25, -0.2) is 4.79 Å². The number of rotatable bonds is 5. The summed E-state index contributed by atoms with van der Waals surface area (Å²) in [5.41, 5.74) is 0. The van der Waals surface area contributed by atoms with Crippen molar-refractivity contribution < 1.29 is 23.3 Å². The number of aromatic nitrogens is 2. The molecule has 0 aliphatic heterocycles. The molecule has 0 atom stereocenters. The summed E-state index contributed by atoms with van der Waals surface area (Å²) >= 11 is 1.28. The molecule has 0 bridgehead atoms. The lowest BCUT2D eigenvalue weighted by Crippen LogP contribution is -1.91. The number of furan rings is 2. The normalized spacial score (nSPS) is 10.8. The number of aromatic carboxylic acids is 1. The van der Waals surface area contributed by atoms with Crippen LogP contribution in [0.1, 0.15) is 16.4 Å². The Morgan fingerprint density at radius 1 is 1.35 bits per heavy atom. The molecule has 0 unspecified atom stereocenters. The summed E-state index contributed by atoms with van der Waals surface area (Å²) in [6.07, 6.45) is 1.52. The molecular formula is C12H8N2O5S. The van der Waals surface area contributed by atoms with Crippen molar-refractivity contribution in [2.24, 2.45) is 0 Å². The van der Waals surface area contributed by atoms with Gasteiger partial charge in [0.05, 0.1) is 12.0 Å². The van der Waals surface area contributed by atoms with Gasteiger partial charge < -0.3 is 18.5 Å². The molecule has 0 amide bonds. The maximum atomic E-state index is 10.7. The van der Waals surface area contributed by atoms with Gasteiger partial charge in [-0.3, -0.25) is 0 Å². The van der Waals surface area contributed by atoms with E-state index < -0.39 is 5.97 Å². The summed E-state index contributed by atoms with van der Waals surface area (Å²) in [6, 6.07) is 6.43. The molecule has 0 saturated carbocycles. The number of carbonyl (C=O) groups is 1. The Morgan fingerprint density at radius 3 is 2.95 bits per heavy atom. The van der Waals surface area contributed by atoms with E-state index in [0.29, 0.717) is 28.3 Å². The van der Waals surface area contributed by atoms with Crippen molar-refractivity contribution in [3.8, 4) is 11.7 Å². The smallest absolute Gasteiger partial charge is 0.371 e. The van der Waals surface area contributed by atoms with Gasteiger partial charge in [-0.05, 0) is 24.3 Å². The van der Waals surface area contributed by atoms with Crippen molar-refractivity contribution in [3.05, 3.63) is 42.1 Å². The quantitative estimate of drug-likeness (QED) is 0.716. The van der Waals surface area contributed by atoms with Gasteiger partial charge in [0.25, 0.3) is 5.89 Å². The molecule has 0 aromatic carbocycles. The highest BCUT2D eigenvalue weighted by molar-refractivity contribution is 7.98. The maximum absolute atomic E-state index is 10.7. The van der Waals surface area contributed by atoms with Crippen LogP contribution in [0.5, 0.6) is 0 Å². The Labute approximate surface area is 116 Å². The fourth-order valence-corrected chi connectivity index (χ4v) is 2.16. The number of nitrogens with zero attached hydrogens (tertiary/aromatic N) is 2. The molecule has 0 radical (unpaired) electrons. The predicted octanol–water partition coefficient (Wildman–Crippen LogP) is 2.91. The Kier molecular flexibility index (Phi) is 3.30. The van der Waals surface area contributed by atoms with Gasteiger partial charge in [-0.15, -0.1) is 0 Å². The van der Waals surface area contributed by atoms with Gasteiger partial charge in [-0.2, -0.15) is 4.98 Å². The van der Waals surface area contributed by atoms with E-state index in [4.69, 9.17) is 18.5 Å². The van der Waals surface area contributed by atoms with E-state index in [-0.39, 0.29) is 5.76 Å². The first-order valence-corrected chi connectivity index (χ1v) is 6.53. The minimum absolute atomic E-state index is 0.100. The van der Waals surface area contributed by atoms with Gasteiger partial charge in [0.1, 0.15) is 0 Å². The van der Waals surface area contributed by atoms with Crippen LogP contribution in [0.3, 0.4) is 0 Å². The fraction of sp³-hybridized carbons (Fsp3) is 0.0833. The standard InChI is InChI=1S/C12H8N2O5S/c15-12(16)8-3-4-10(18-8)20-6-9-13-11(19-14-9)7-2-1-5-17-7/h1-5H,6H2,(H,15,16). The second-order valence-electron chi connectivity index (χ2n) is 3.71. The van der Waals surface area contributed by atoms with E-state index in [1.807, 2.05) is 0 Å². The molecule has 7 nitrogen and oxygen atoms in total. The van der Waals surface area contributed by atoms with E-state index in [1.165, 1.54) is 24.1 Å². The Balaban J connectivity index is 1.65. The first kappa shape index (κ1) is 12.5. The number of hydrogen-bond acceptors (Lipinski definition) is 7. The van der Waals surface area contributed by atoms with Crippen LogP contribution in [0.15, 0.2) is 49.0 Å². The molecule has 0 aliphatic carbocycles. The van der Waals surface area contributed by atoms with Crippen LogP contribution in [0.25, 0.3) is 11.7 Å². The van der Waals surface area contributed by atoms with Crippen LogP contribution in [0.2, 0.25) is 0 Å². The summed E-state index contributed by atoms with van der Waals surface area (Å²) in [7, 11) is 0. The van der Waals surface area contributed by atoms with Gasteiger partial charge in [0.2, 0.25) is 5.76 Å². The molecular weight excluding hydrogens is 284 g/mol. The van der Waals surface area contributed by atoms with Crippen LogP contribution in [-0.4, -0.2) is 21.2 Å². The molecule has 3 rings (SSSR count). The van der Waals surface area contributed by atoms with E-state index in [9.17, 15) is 4.79 Å². The largest absolute Gasteiger partial charge is 0.475 e. The van der Waals surface area contributed by atoms with E-state index in [2.05, 4.69) is 10.1 Å². The molecule has 3 heterocycles. The first-order valence-electron chi connectivity index (χ1n) is 5.55. The second kappa shape index (κ2) is 5.25. The molecule has 0 spiro atoms. The average molecular weight is 292 g/mol. The van der Waals surface area contributed by atoms with E-state index in [1.54, 1.807) is 18.2 Å². The van der Waals surface area contributed by atoms with Crippen LogP contribution < -0.4 is 0 Å². The van der Waals surface area contributed by atoms with Gasteiger partial charge in [-0.1, -0.05) is 16.9 Å². The van der Waals surface area contributed by atoms with Crippen LogP contribution >= 0.6 is 11.8 Å². The van der Waals surface area contributed by atoms with Gasteiger partial charge in [0.15, 0.2) is 16.7 Å². The van der Waals surface area contributed by atoms with Crippen molar-refractivity contribution in [3.63, 3.8) is 0 Å². The van der Waals surface area contributed by atoms with Crippen LogP contribution in [0.4, 0.5) is 0 Å². The first-order chi connectivity index (χ1) is 9.72. The van der Waals surface area contributed by atoms with Crippen molar-refractivity contribution in [1.82, 2.24) is 10.1 Å². The monoisotopic (exact) mass is 292 g/mol. The van der Waals surface area contributed by atoms with E-state index >= 15 is 0 Å². The average Bonchev–Trinajstić information content (AvgIpc) is 3.17. The zero-order chi connectivity index (χ0) is 13.9. The summed E-state index contributed by atoms with van der Waals surface area (Å²) in [5.74, 6) is 0.468. The Bertz CT molecular complexity index is 716. The molecule has 0 fully saturated rings. The second-order valence-corrected chi connectivity index (χ2v) is 4.69. The highest BCUT2D eigenvalue weighted by atomic mass is 32.2. The number of thioether (sulfide) groups is 1. The van der Waals surface area contributed by atoms with Gasteiger partial charge in [0, 0.05) is 0 Å². The minimum Gasteiger partial charge on any atom is -0.475 e. The fourth-order valence-electron chi connectivity index (χ4n) is 1.46. The van der Waals surface area contributed by atoms with Crippen molar-refractivity contribution in [1.29, 1.82) is 0 Å². The van der Waals surface area contributed by atoms with Crippen LogP contribution in [0, 0.1) is 0 Å². The van der Waals surface area contributed by atoms with Crippen molar-refractivity contribution >= 4 is 17.7 Å². The lowest BCUT2D eigenvalue weighted by molar-refractivity contribution is 0.0656. The summed E-state index contributed by atoms with van der Waals surface area (Å²) < 4.78 is 15.3. The molecule has 0 aliphatic rings. The third-order valence-electron chi connectivity index (χ3n) is 2.34. The summed E-state index contributed by atoms with van der Waals surface area (Å²) in [6.45, 7) is 0. The lowest BCUT2D eigenvalue weighted by Gasteiger charge is -1.91. The molecule has 8 heteroatoms. The van der Waals surface area contributed by atoms with E-state index in [0.717, 1.165) is 0 Å². The van der Waals surface area contributed by atoms with Crippen molar-refractivity contribution in [2.75, 3.05) is 0 Å². The SMILES string of the molecule is O=C(O)c1ccc(SCc2noc(-c3ccco3)n2)o1. The topological polar surface area (TPSA) is 102 Å². The molecule has 20 heavy (non-hydrogen) atoms. The molecule has 3 aromatic heterocycles. The Hall–Kier alpha value is -2.48. The van der Waals surface area contributed by atoms with Crippen LogP contribution in [-0.2, 0) is 5.75 Å². The maximum Gasteiger partial charge on any atom is 0.371 e. The molecule has 3 aromatic rings. The highest BCUT2D eigenvalue weighted by Gasteiger charge is 2.13. The third-order valence-corrected chi connectivity index (χ3v) is 3.24. The van der Waals surface area contributed by atoms with Crippen molar-refractivity contribution in [2.45, 2.75) is 10.8 Å². The molecule has 1 N–H and O–H groups in total. The minimum atomic E-state index is -1.10. The third kappa shape index (κ3) is 2.59. The summed E-state index contributed by atoms with van der Waals surface area (Å²) in [4.78, 5) is 14.8. The lowest BCUT2D eigenvalue weighted by atomic mass is 10.4. The number of hydrogen-bond donors (Lipinski definition) is 1. The highest BCUT2D eigenvalue weighted by Crippen LogP contribution is 2.25. The molecule has 102 valence electrons. The number of carboxylic acid groups (broad SMARTS) is 1. The summed E-state index contributed by atoms with van der Waals surface area (Å²) in [5, 5.41) is 13.0. The van der Waals surface area contributed by atoms with Gasteiger partial charge >= 0.3 is 5.97 Å². The number of carboxylic acids is 1. The Morgan fingerprint density at radius 2 is 2.25 bits per heavy atom. The predicted molar refractivity (Wildman–Crippen MR) is 67.2 cm³/mol. The zero-order valence-corrected chi connectivity index (χ0v) is 10.8. The zero-order valence-electron chi connectivity index (χ0n) is 9.98. The molecule has 0 saturated heterocycles.